The number of carbonyl (C=O) groups is 1. The van der Waals surface area contributed by atoms with Gasteiger partial charge in [0.2, 0.25) is 0 Å². The molecule has 3 atom stereocenters. The van der Waals surface area contributed by atoms with Crippen LogP contribution >= 0.6 is 46.4 Å². The fourth-order valence-corrected chi connectivity index (χ4v) is 5.54. The smallest absolute Gasteiger partial charge is 0.310 e. The minimum Gasteiger partial charge on any atom is -0.461 e. The molecule has 0 amide bonds. The molecular formula is C27H24Cl4O3. The number of para-hydroxylation sites is 1. The molecule has 3 aromatic rings. The molecule has 1 aliphatic carbocycles. The Bertz CT molecular complexity index is 1150. The lowest BCUT2D eigenvalue weighted by molar-refractivity contribution is -0.147. The van der Waals surface area contributed by atoms with E-state index in [-0.39, 0.29) is 18.5 Å². The Morgan fingerprint density at radius 1 is 0.971 bits per heavy atom. The number of hydrogen-bond donors (Lipinski definition) is 0. The average molecular weight is 538 g/mol. The van der Waals surface area contributed by atoms with Crippen LogP contribution in [0.5, 0.6) is 11.5 Å². The third kappa shape index (κ3) is 5.33. The average Bonchev–Trinajstić information content (AvgIpc) is 3.39. The summed E-state index contributed by atoms with van der Waals surface area (Å²) >= 11 is 26.1. The van der Waals surface area contributed by atoms with Gasteiger partial charge in [-0.25, -0.2) is 0 Å². The zero-order chi connectivity index (χ0) is 24.5. The molecule has 7 heteroatoms. The second-order valence-electron chi connectivity index (χ2n) is 9.03. The Kier molecular flexibility index (Phi) is 7.40. The van der Waals surface area contributed by atoms with Crippen molar-refractivity contribution in [1.29, 1.82) is 0 Å². The number of ether oxygens (including phenoxy) is 2. The molecule has 1 unspecified atom stereocenters. The predicted octanol–water partition coefficient (Wildman–Crippen LogP) is 8.39. The third-order valence-electron chi connectivity index (χ3n) is 6.31. The van der Waals surface area contributed by atoms with Gasteiger partial charge >= 0.3 is 5.97 Å². The summed E-state index contributed by atoms with van der Waals surface area (Å²) in [7, 11) is 0. The molecule has 0 saturated heterocycles. The van der Waals surface area contributed by atoms with Crippen LogP contribution in [-0.4, -0.2) is 11.3 Å². The van der Waals surface area contributed by atoms with Crippen LogP contribution in [0.2, 0.25) is 5.02 Å². The van der Waals surface area contributed by atoms with Gasteiger partial charge in [-0.15, -0.1) is 11.6 Å². The number of benzene rings is 3. The van der Waals surface area contributed by atoms with Crippen LogP contribution in [0.15, 0.2) is 78.9 Å². The second-order valence-corrected chi connectivity index (χ2v) is 11.3. The highest BCUT2D eigenvalue weighted by molar-refractivity contribution is 6.52. The van der Waals surface area contributed by atoms with E-state index in [1.165, 1.54) is 0 Å². The molecule has 0 heterocycles. The first-order valence-electron chi connectivity index (χ1n) is 10.9. The minimum absolute atomic E-state index is 0.126. The van der Waals surface area contributed by atoms with Crippen molar-refractivity contribution < 1.29 is 14.3 Å². The molecule has 178 valence electrons. The van der Waals surface area contributed by atoms with E-state index in [9.17, 15) is 4.79 Å². The van der Waals surface area contributed by atoms with Crippen molar-refractivity contribution in [2.24, 2.45) is 17.3 Å². The molecular weight excluding hydrogens is 514 g/mol. The Morgan fingerprint density at radius 2 is 1.62 bits per heavy atom. The summed E-state index contributed by atoms with van der Waals surface area (Å²) in [6.45, 7) is 4.07. The SMILES string of the molecule is CC1(C)[C@H](C(=O)OCc2cccc(Oc3ccccc3)c2)[C@H]1C(Cl)C(Cl)(Cl)c1ccc(Cl)cc1. The fourth-order valence-electron chi connectivity index (χ4n) is 4.30. The molecule has 0 bridgehead atoms. The van der Waals surface area contributed by atoms with Gasteiger partial charge < -0.3 is 9.47 Å². The van der Waals surface area contributed by atoms with Crippen LogP contribution in [0.1, 0.15) is 25.0 Å². The van der Waals surface area contributed by atoms with E-state index in [1.807, 2.05) is 68.4 Å². The summed E-state index contributed by atoms with van der Waals surface area (Å²) in [5.74, 6) is 0.416. The van der Waals surface area contributed by atoms with Crippen molar-refractivity contribution >= 4 is 52.4 Å². The maximum Gasteiger partial charge on any atom is 0.310 e. The molecule has 1 saturated carbocycles. The molecule has 1 aliphatic rings. The number of hydrogen-bond acceptors (Lipinski definition) is 3. The summed E-state index contributed by atoms with van der Waals surface area (Å²) in [5, 5.41) is -0.127. The zero-order valence-corrected chi connectivity index (χ0v) is 21.7. The minimum atomic E-state index is -1.38. The van der Waals surface area contributed by atoms with Crippen LogP contribution < -0.4 is 4.74 Å². The van der Waals surface area contributed by atoms with E-state index in [1.54, 1.807) is 24.3 Å². The van der Waals surface area contributed by atoms with Gasteiger partial charge in [0, 0.05) is 5.02 Å². The third-order valence-corrected chi connectivity index (χ3v) is 8.29. The predicted molar refractivity (Wildman–Crippen MR) is 138 cm³/mol. The topological polar surface area (TPSA) is 35.5 Å². The first kappa shape index (κ1) is 25.2. The van der Waals surface area contributed by atoms with Crippen LogP contribution in [0.25, 0.3) is 0 Å². The van der Waals surface area contributed by atoms with Gasteiger partial charge in [0.15, 0.2) is 4.33 Å². The van der Waals surface area contributed by atoms with Crippen molar-refractivity contribution in [1.82, 2.24) is 0 Å². The van der Waals surface area contributed by atoms with Crippen LogP contribution in [0, 0.1) is 17.3 Å². The highest BCUT2D eigenvalue weighted by Gasteiger charge is 2.68. The number of rotatable bonds is 8. The van der Waals surface area contributed by atoms with E-state index < -0.39 is 21.0 Å². The summed E-state index contributed by atoms with van der Waals surface area (Å²) in [4.78, 5) is 13.0. The van der Waals surface area contributed by atoms with E-state index in [2.05, 4.69) is 0 Å². The Hall–Kier alpha value is -1.91. The largest absolute Gasteiger partial charge is 0.461 e. The van der Waals surface area contributed by atoms with E-state index in [0.717, 1.165) is 11.3 Å². The van der Waals surface area contributed by atoms with Crippen molar-refractivity contribution in [2.75, 3.05) is 0 Å². The lowest BCUT2D eigenvalue weighted by Crippen LogP contribution is -2.28. The summed E-state index contributed by atoms with van der Waals surface area (Å²) < 4.78 is 10.1. The first-order valence-corrected chi connectivity index (χ1v) is 12.4. The molecule has 3 aromatic carbocycles. The zero-order valence-electron chi connectivity index (χ0n) is 18.7. The van der Waals surface area contributed by atoms with Gasteiger partial charge in [0.25, 0.3) is 0 Å². The Morgan fingerprint density at radius 3 is 2.29 bits per heavy atom. The quantitative estimate of drug-likeness (QED) is 0.214. The van der Waals surface area contributed by atoms with Crippen molar-refractivity contribution in [2.45, 2.75) is 30.2 Å². The van der Waals surface area contributed by atoms with E-state index >= 15 is 0 Å². The molecule has 0 aliphatic heterocycles. The number of halogens is 4. The van der Waals surface area contributed by atoms with Crippen molar-refractivity contribution in [3.05, 3.63) is 95.0 Å². The molecule has 34 heavy (non-hydrogen) atoms. The van der Waals surface area contributed by atoms with Crippen LogP contribution in [0.4, 0.5) is 0 Å². The van der Waals surface area contributed by atoms with Crippen molar-refractivity contribution in [3.63, 3.8) is 0 Å². The van der Waals surface area contributed by atoms with Gasteiger partial charge in [-0.2, -0.15) is 0 Å². The number of alkyl halides is 3. The van der Waals surface area contributed by atoms with Gasteiger partial charge in [0.1, 0.15) is 18.1 Å². The Balaban J connectivity index is 1.40. The molecule has 0 N–H and O–H groups in total. The molecule has 0 aromatic heterocycles. The maximum atomic E-state index is 13.0. The highest BCUT2D eigenvalue weighted by atomic mass is 35.5. The summed E-state index contributed by atoms with van der Waals surface area (Å²) in [5.41, 5.74) is 1.05. The van der Waals surface area contributed by atoms with Crippen molar-refractivity contribution in [3.8, 4) is 11.5 Å². The second kappa shape index (κ2) is 9.99. The lowest BCUT2D eigenvalue weighted by Gasteiger charge is -2.27. The van der Waals surface area contributed by atoms with Gasteiger partial charge in [-0.1, -0.05) is 91.1 Å². The van der Waals surface area contributed by atoms with Crippen LogP contribution in [-0.2, 0) is 20.5 Å². The molecule has 0 radical (unpaired) electrons. The lowest BCUT2D eigenvalue weighted by atomic mass is 10.0. The number of esters is 1. The first-order chi connectivity index (χ1) is 16.1. The summed E-state index contributed by atoms with van der Waals surface area (Å²) in [6, 6.07) is 23.8. The van der Waals surface area contributed by atoms with Crippen LogP contribution in [0.3, 0.4) is 0 Å². The van der Waals surface area contributed by atoms with E-state index in [4.69, 9.17) is 55.9 Å². The molecule has 3 nitrogen and oxygen atoms in total. The Labute approximate surface area is 219 Å². The van der Waals surface area contributed by atoms with Gasteiger partial charge in [-0.05, 0) is 58.9 Å². The molecule has 4 rings (SSSR count). The molecule has 1 fully saturated rings. The van der Waals surface area contributed by atoms with Gasteiger partial charge in [0.05, 0.1) is 11.3 Å². The molecule has 0 spiro atoms. The monoisotopic (exact) mass is 536 g/mol. The fraction of sp³-hybridized carbons (Fsp3) is 0.296. The normalized spacial score (nSPS) is 19.8. The maximum absolute atomic E-state index is 13.0. The standard InChI is InChI=1S/C27H24Cl4O3/c1-26(2)22(24(29)27(30,31)18-11-13-19(28)14-12-18)23(26)25(32)33-16-17-7-6-10-21(15-17)34-20-8-4-3-5-9-20/h3-15,22-24H,16H2,1-2H3/t22-,23-,24?/m0/s1. The van der Waals surface area contributed by atoms with Gasteiger partial charge in [-0.3, -0.25) is 4.79 Å². The number of carbonyl (C=O) groups excluding carboxylic acids is 1. The highest BCUT2D eigenvalue weighted by Crippen LogP contribution is 2.65. The van der Waals surface area contributed by atoms with E-state index in [0.29, 0.717) is 16.3 Å². The summed E-state index contributed by atoms with van der Waals surface area (Å²) in [6.07, 6.45) is 0.